The molecule has 25 heavy (non-hydrogen) atoms. The minimum atomic E-state index is -0.257. The van der Waals surface area contributed by atoms with Gasteiger partial charge in [0.2, 0.25) is 0 Å². The third kappa shape index (κ3) is 4.24. The van der Waals surface area contributed by atoms with Gasteiger partial charge in [-0.25, -0.2) is 9.78 Å². The molecule has 1 fully saturated rings. The molecule has 0 unspecified atom stereocenters. The first-order chi connectivity index (χ1) is 12.1. The van der Waals surface area contributed by atoms with Crippen molar-refractivity contribution >= 4 is 11.8 Å². The fraction of sp³-hybridized carbons (Fsp3) is 0.500. The Hall–Kier alpha value is -2.68. The van der Waals surface area contributed by atoms with Crippen molar-refractivity contribution in [3.63, 3.8) is 0 Å². The number of ether oxygens (including phenoxy) is 1. The molecule has 2 aromatic heterocycles. The molecule has 0 aromatic carbocycles. The van der Waals surface area contributed by atoms with Crippen LogP contribution in [0.2, 0.25) is 0 Å². The molecule has 9 nitrogen and oxygen atoms in total. The lowest BCUT2D eigenvalue weighted by molar-refractivity contribution is 0.122. The molecular formula is C16H23N7O2. The lowest BCUT2D eigenvalue weighted by atomic mass is 10.2. The molecule has 0 saturated carbocycles. The predicted molar refractivity (Wildman–Crippen MR) is 92.1 cm³/mol. The molecule has 134 valence electrons. The summed E-state index contributed by atoms with van der Waals surface area (Å²) in [6, 6.07) is 3.36. The van der Waals surface area contributed by atoms with Crippen molar-refractivity contribution in [3.05, 3.63) is 36.0 Å². The van der Waals surface area contributed by atoms with E-state index in [9.17, 15) is 4.79 Å². The maximum Gasteiger partial charge on any atom is 0.315 e. The van der Waals surface area contributed by atoms with Crippen LogP contribution in [0.4, 0.5) is 10.6 Å². The van der Waals surface area contributed by atoms with Crippen molar-refractivity contribution in [1.29, 1.82) is 0 Å². The minimum Gasteiger partial charge on any atom is -0.378 e. The van der Waals surface area contributed by atoms with E-state index in [1.54, 1.807) is 17.1 Å². The van der Waals surface area contributed by atoms with E-state index in [1.165, 1.54) is 0 Å². The average molecular weight is 345 g/mol. The normalized spacial score (nSPS) is 15.7. The Morgan fingerprint density at radius 1 is 1.40 bits per heavy atom. The molecule has 0 spiro atoms. The number of morpholine rings is 1. The molecule has 0 bridgehead atoms. The predicted octanol–water partition coefficient (Wildman–Crippen LogP) is 0.607. The van der Waals surface area contributed by atoms with Crippen molar-refractivity contribution < 1.29 is 9.53 Å². The van der Waals surface area contributed by atoms with Crippen LogP contribution in [0.1, 0.15) is 24.4 Å². The SMILES string of the molecule is C[C@H](NC(=O)NCc1cccnc1N1CCOCC1)c1nncn1C. The molecule has 0 aliphatic carbocycles. The number of urea groups is 1. The van der Waals surface area contributed by atoms with E-state index in [4.69, 9.17) is 4.74 Å². The number of aromatic nitrogens is 4. The highest BCUT2D eigenvalue weighted by Crippen LogP contribution is 2.18. The number of carbonyl (C=O) groups excluding carboxylic acids is 1. The van der Waals surface area contributed by atoms with E-state index in [2.05, 4.69) is 30.7 Å². The number of hydrogen-bond acceptors (Lipinski definition) is 6. The van der Waals surface area contributed by atoms with E-state index in [0.29, 0.717) is 25.6 Å². The fourth-order valence-corrected chi connectivity index (χ4v) is 2.80. The molecule has 9 heteroatoms. The van der Waals surface area contributed by atoms with Crippen LogP contribution in [0, 0.1) is 0 Å². The number of nitrogens with one attached hydrogen (secondary N) is 2. The molecule has 2 N–H and O–H groups in total. The Morgan fingerprint density at radius 2 is 2.20 bits per heavy atom. The number of nitrogens with zero attached hydrogens (tertiary/aromatic N) is 5. The van der Waals surface area contributed by atoms with Gasteiger partial charge in [0.05, 0.1) is 19.3 Å². The highest BCUT2D eigenvalue weighted by atomic mass is 16.5. The van der Waals surface area contributed by atoms with Crippen LogP contribution in [0.15, 0.2) is 24.7 Å². The highest BCUT2D eigenvalue weighted by molar-refractivity contribution is 5.74. The molecule has 1 saturated heterocycles. The van der Waals surface area contributed by atoms with Gasteiger partial charge < -0.3 is 24.8 Å². The number of rotatable bonds is 5. The van der Waals surface area contributed by atoms with Crippen molar-refractivity contribution in [2.24, 2.45) is 7.05 Å². The maximum absolute atomic E-state index is 12.2. The Bertz CT molecular complexity index is 712. The Morgan fingerprint density at radius 3 is 2.92 bits per heavy atom. The van der Waals surface area contributed by atoms with Crippen molar-refractivity contribution in [1.82, 2.24) is 30.4 Å². The van der Waals surface area contributed by atoms with Crippen molar-refractivity contribution in [2.45, 2.75) is 19.5 Å². The monoisotopic (exact) mass is 345 g/mol. The molecule has 3 rings (SSSR count). The summed E-state index contributed by atoms with van der Waals surface area (Å²) in [7, 11) is 1.84. The Kier molecular flexibility index (Phi) is 5.44. The second kappa shape index (κ2) is 7.93. The summed E-state index contributed by atoms with van der Waals surface area (Å²) < 4.78 is 7.17. The smallest absolute Gasteiger partial charge is 0.315 e. The van der Waals surface area contributed by atoms with Gasteiger partial charge in [-0.1, -0.05) is 6.07 Å². The average Bonchev–Trinajstić information content (AvgIpc) is 3.07. The number of pyridine rings is 1. The van der Waals surface area contributed by atoms with Gasteiger partial charge in [-0.05, 0) is 13.0 Å². The molecular weight excluding hydrogens is 322 g/mol. The molecule has 1 atom stereocenters. The standard InChI is InChI=1S/C16H23N7O2/c1-12(14-21-19-11-22(14)2)20-16(24)18-10-13-4-3-5-17-15(13)23-6-8-25-9-7-23/h3-5,11-12H,6-10H2,1-2H3,(H2,18,20,24)/t12-/m0/s1. The first-order valence-electron chi connectivity index (χ1n) is 8.30. The van der Waals surface area contributed by atoms with Crippen LogP contribution in [0.5, 0.6) is 0 Å². The summed E-state index contributed by atoms with van der Waals surface area (Å²) in [5.41, 5.74) is 0.978. The number of anilines is 1. The van der Waals surface area contributed by atoms with E-state index in [0.717, 1.165) is 24.5 Å². The molecule has 3 heterocycles. The zero-order valence-corrected chi connectivity index (χ0v) is 14.5. The maximum atomic E-state index is 12.2. The molecule has 1 aliphatic heterocycles. The summed E-state index contributed by atoms with van der Waals surface area (Å²) in [5.74, 6) is 1.60. The van der Waals surface area contributed by atoms with Gasteiger partial charge in [0.1, 0.15) is 12.1 Å². The summed E-state index contributed by atoms with van der Waals surface area (Å²) in [6.07, 6.45) is 3.38. The van der Waals surface area contributed by atoms with Crippen molar-refractivity contribution in [2.75, 3.05) is 31.2 Å². The topological polar surface area (TPSA) is 97.2 Å². The lowest BCUT2D eigenvalue weighted by Crippen LogP contribution is -2.39. The minimum absolute atomic E-state index is 0.236. The summed E-state index contributed by atoms with van der Waals surface area (Å²) in [5, 5.41) is 13.6. The highest BCUT2D eigenvalue weighted by Gasteiger charge is 2.17. The largest absolute Gasteiger partial charge is 0.378 e. The first-order valence-corrected chi connectivity index (χ1v) is 8.30. The van der Waals surface area contributed by atoms with Gasteiger partial charge in [0.15, 0.2) is 5.82 Å². The van der Waals surface area contributed by atoms with Crippen LogP contribution in [-0.4, -0.2) is 52.1 Å². The van der Waals surface area contributed by atoms with Gasteiger partial charge >= 0.3 is 6.03 Å². The summed E-state index contributed by atoms with van der Waals surface area (Å²) in [4.78, 5) is 18.8. The Labute approximate surface area is 146 Å². The number of aryl methyl sites for hydroxylation is 1. The molecule has 1 aliphatic rings. The second-order valence-corrected chi connectivity index (χ2v) is 5.93. The lowest BCUT2D eigenvalue weighted by Gasteiger charge is -2.29. The summed E-state index contributed by atoms with van der Waals surface area (Å²) in [6.45, 7) is 5.27. The van der Waals surface area contributed by atoms with Crippen LogP contribution >= 0.6 is 0 Å². The van der Waals surface area contributed by atoms with E-state index in [1.807, 2.05) is 26.1 Å². The Balaban J connectivity index is 1.58. The fourth-order valence-electron chi connectivity index (χ4n) is 2.80. The number of amides is 2. The van der Waals surface area contributed by atoms with Crippen LogP contribution in [0.25, 0.3) is 0 Å². The molecule has 0 radical (unpaired) electrons. The van der Waals surface area contributed by atoms with Crippen LogP contribution in [0.3, 0.4) is 0 Å². The van der Waals surface area contributed by atoms with Gasteiger partial charge in [-0.2, -0.15) is 0 Å². The molecule has 2 aromatic rings. The third-order valence-electron chi connectivity index (χ3n) is 4.10. The van der Waals surface area contributed by atoms with E-state index < -0.39 is 0 Å². The van der Waals surface area contributed by atoms with Crippen LogP contribution < -0.4 is 15.5 Å². The second-order valence-electron chi connectivity index (χ2n) is 5.93. The number of carbonyl (C=O) groups is 1. The zero-order chi connectivity index (χ0) is 17.6. The van der Waals surface area contributed by atoms with Gasteiger partial charge in [-0.3, -0.25) is 0 Å². The van der Waals surface area contributed by atoms with E-state index in [-0.39, 0.29) is 12.1 Å². The van der Waals surface area contributed by atoms with Crippen LogP contribution in [-0.2, 0) is 18.3 Å². The molecule has 2 amide bonds. The van der Waals surface area contributed by atoms with Gasteiger partial charge in [0, 0.05) is 38.4 Å². The van der Waals surface area contributed by atoms with Gasteiger partial charge in [-0.15, -0.1) is 10.2 Å². The quantitative estimate of drug-likeness (QED) is 0.824. The number of hydrogen-bond donors (Lipinski definition) is 2. The van der Waals surface area contributed by atoms with Crippen molar-refractivity contribution in [3.8, 4) is 0 Å². The third-order valence-corrected chi connectivity index (χ3v) is 4.10. The first kappa shape index (κ1) is 17.2. The summed E-state index contributed by atoms with van der Waals surface area (Å²) >= 11 is 0. The van der Waals surface area contributed by atoms with E-state index >= 15 is 0 Å². The van der Waals surface area contributed by atoms with Gasteiger partial charge in [0.25, 0.3) is 0 Å². The zero-order valence-electron chi connectivity index (χ0n) is 14.5.